The third kappa shape index (κ3) is 7.73. The van der Waals surface area contributed by atoms with E-state index in [0.29, 0.717) is 0 Å². The zero-order chi connectivity index (χ0) is 11.4. The van der Waals surface area contributed by atoms with Gasteiger partial charge in [0, 0.05) is 13.1 Å². The molecule has 0 aromatic heterocycles. The van der Waals surface area contributed by atoms with Gasteiger partial charge in [0.15, 0.2) is 0 Å². The lowest BCUT2D eigenvalue weighted by molar-refractivity contribution is -0.128. The standard InChI is InChI=1S/C6H12N2O.C2H4O.C2H6/c7-5-6(9)8-3-1-2-4-8;1-2-3;1-2/h1-5,7H2;2H,1H3;1-2H3. The second-order valence-corrected chi connectivity index (χ2v) is 2.53. The number of aldehydes is 1. The van der Waals surface area contributed by atoms with E-state index in [1.807, 2.05) is 18.7 Å². The van der Waals surface area contributed by atoms with Gasteiger partial charge in [0.05, 0.1) is 6.54 Å². The Balaban J connectivity index is 0. The lowest BCUT2D eigenvalue weighted by Crippen LogP contribution is -2.33. The van der Waals surface area contributed by atoms with Crippen LogP contribution in [0.2, 0.25) is 0 Å². The summed E-state index contributed by atoms with van der Waals surface area (Å²) in [5, 5.41) is 0. The number of rotatable bonds is 1. The van der Waals surface area contributed by atoms with Crippen molar-refractivity contribution in [1.82, 2.24) is 4.90 Å². The summed E-state index contributed by atoms with van der Waals surface area (Å²) in [6, 6.07) is 0. The molecule has 14 heavy (non-hydrogen) atoms. The summed E-state index contributed by atoms with van der Waals surface area (Å²) in [6.45, 7) is 7.44. The summed E-state index contributed by atoms with van der Waals surface area (Å²) in [5.74, 6) is 0.0903. The Kier molecular flexibility index (Phi) is 13.5. The Bertz CT molecular complexity index is 143. The maximum absolute atomic E-state index is 10.8. The fourth-order valence-electron chi connectivity index (χ4n) is 1.10. The largest absolute Gasteiger partial charge is 0.342 e. The van der Waals surface area contributed by atoms with Crippen molar-refractivity contribution in [2.24, 2.45) is 5.73 Å². The first-order valence-electron chi connectivity index (χ1n) is 5.14. The van der Waals surface area contributed by atoms with Crippen molar-refractivity contribution in [2.45, 2.75) is 33.6 Å². The molecule has 0 aromatic carbocycles. The van der Waals surface area contributed by atoms with Crippen molar-refractivity contribution in [1.29, 1.82) is 0 Å². The molecule has 0 aromatic rings. The van der Waals surface area contributed by atoms with Crippen LogP contribution in [0, 0.1) is 0 Å². The molecule has 84 valence electrons. The molecule has 4 nitrogen and oxygen atoms in total. The minimum atomic E-state index is 0.0903. The molecule has 1 fully saturated rings. The number of amides is 1. The van der Waals surface area contributed by atoms with E-state index in [-0.39, 0.29) is 12.5 Å². The van der Waals surface area contributed by atoms with Crippen molar-refractivity contribution in [2.75, 3.05) is 19.6 Å². The molecule has 0 bridgehead atoms. The molecule has 1 heterocycles. The first kappa shape index (κ1) is 15.6. The molecule has 0 aliphatic carbocycles. The summed E-state index contributed by atoms with van der Waals surface area (Å²) in [4.78, 5) is 21.4. The Labute approximate surface area is 86.5 Å². The van der Waals surface area contributed by atoms with E-state index >= 15 is 0 Å². The van der Waals surface area contributed by atoms with Crippen LogP contribution in [0.15, 0.2) is 0 Å². The van der Waals surface area contributed by atoms with E-state index < -0.39 is 0 Å². The molecule has 1 amide bonds. The molecule has 0 unspecified atom stereocenters. The van der Waals surface area contributed by atoms with Crippen LogP contribution in [0.5, 0.6) is 0 Å². The Morgan fingerprint density at radius 3 is 2.00 bits per heavy atom. The van der Waals surface area contributed by atoms with Gasteiger partial charge in [0.25, 0.3) is 0 Å². The van der Waals surface area contributed by atoms with Gasteiger partial charge >= 0.3 is 0 Å². The monoisotopic (exact) mass is 202 g/mol. The smallest absolute Gasteiger partial charge is 0.236 e. The van der Waals surface area contributed by atoms with Crippen molar-refractivity contribution in [3.8, 4) is 0 Å². The number of carbonyl (C=O) groups excluding carboxylic acids is 2. The van der Waals surface area contributed by atoms with E-state index in [9.17, 15) is 4.79 Å². The van der Waals surface area contributed by atoms with Crippen LogP contribution in [0.1, 0.15) is 33.6 Å². The topological polar surface area (TPSA) is 63.4 Å². The fourth-order valence-corrected chi connectivity index (χ4v) is 1.10. The van der Waals surface area contributed by atoms with E-state index in [1.54, 1.807) is 0 Å². The van der Waals surface area contributed by atoms with Gasteiger partial charge in [-0.05, 0) is 19.8 Å². The van der Waals surface area contributed by atoms with Gasteiger partial charge in [-0.2, -0.15) is 0 Å². The first-order chi connectivity index (χ1) is 6.76. The molecule has 1 aliphatic rings. The average Bonchev–Trinajstić information content (AvgIpc) is 2.74. The second kappa shape index (κ2) is 12.1. The van der Waals surface area contributed by atoms with E-state index in [1.165, 1.54) is 6.92 Å². The highest BCUT2D eigenvalue weighted by atomic mass is 16.2. The predicted molar refractivity (Wildman–Crippen MR) is 58.0 cm³/mol. The third-order valence-electron chi connectivity index (χ3n) is 1.63. The number of carbonyl (C=O) groups is 2. The SMILES string of the molecule is CC.CC=O.NCC(=O)N1CCCC1. The molecular formula is C10H22N2O2. The van der Waals surface area contributed by atoms with Crippen molar-refractivity contribution >= 4 is 12.2 Å². The maximum Gasteiger partial charge on any atom is 0.236 e. The molecule has 0 saturated carbocycles. The molecule has 1 saturated heterocycles. The normalized spacial score (nSPS) is 13.3. The van der Waals surface area contributed by atoms with Crippen LogP contribution in [0.4, 0.5) is 0 Å². The molecule has 0 atom stereocenters. The van der Waals surface area contributed by atoms with Crippen LogP contribution in [-0.2, 0) is 9.59 Å². The molecule has 2 N–H and O–H groups in total. The van der Waals surface area contributed by atoms with Gasteiger partial charge < -0.3 is 15.4 Å². The molecule has 0 spiro atoms. The molecule has 4 heteroatoms. The second-order valence-electron chi connectivity index (χ2n) is 2.53. The van der Waals surface area contributed by atoms with Crippen LogP contribution < -0.4 is 5.73 Å². The molecule has 1 rings (SSSR count). The lowest BCUT2D eigenvalue weighted by atomic mass is 10.4. The highest BCUT2D eigenvalue weighted by molar-refractivity contribution is 5.78. The Hall–Kier alpha value is -0.900. The Morgan fingerprint density at radius 1 is 1.36 bits per heavy atom. The van der Waals surface area contributed by atoms with Gasteiger partial charge in [-0.3, -0.25) is 4.79 Å². The number of hydrogen-bond acceptors (Lipinski definition) is 3. The zero-order valence-electron chi connectivity index (χ0n) is 9.45. The van der Waals surface area contributed by atoms with E-state index in [0.717, 1.165) is 32.2 Å². The van der Waals surface area contributed by atoms with Crippen molar-refractivity contribution < 1.29 is 9.59 Å². The van der Waals surface area contributed by atoms with Gasteiger partial charge in [-0.1, -0.05) is 13.8 Å². The lowest BCUT2D eigenvalue weighted by Gasteiger charge is -2.12. The number of nitrogens with two attached hydrogens (primary N) is 1. The summed E-state index contributed by atoms with van der Waals surface area (Å²) in [5.41, 5.74) is 5.16. The summed E-state index contributed by atoms with van der Waals surface area (Å²) >= 11 is 0. The average molecular weight is 202 g/mol. The molecular weight excluding hydrogens is 180 g/mol. The fraction of sp³-hybridized carbons (Fsp3) is 0.800. The van der Waals surface area contributed by atoms with Crippen molar-refractivity contribution in [3.63, 3.8) is 0 Å². The van der Waals surface area contributed by atoms with Gasteiger partial charge in [0.1, 0.15) is 6.29 Å². The van der Waals surface area contributed by atoms with Crippen molar-refractivity contribution in [3.05, 3.63) is 0 Å². The summed E-state index contributed by atoms with van der Waals surface area (Å²) in [6.07, 6.45) is 3.04. The van der Waals surface area contributed by atoms with Gasteiger partial charge in [-0.25, -0.2) is 0 Å². The van der Waals surface area contributed by atoms with Gasteiger partial charge in [0.2, 0.25) is 5.91 Å². The third-order valence-corrected chi connectivity index (χ3v) is 1.63. The number of likely N-dealkylation sites (tertiary alicyclic amines) is 1. The summed E-state index contributed by atoms with van der Waals surface area (Å²) in [7, 11) is 0. The minimum absolute atomic E-state index is 0.0903. The van der Waals surface area contributed by atoms with Crippen LogP contribution in [0.25, 0.3) is 0 Å². The molecule has 0 radical (unpaired) electrons. The van der Waals surface area contributed by atoms with E-state index in [2.05, 4.69) is 0 Å². The number of hydrogen-bond donors (Lipinski definition) is 1. The quantitative estimate of drug-likeness (QED) is 0.640. The van der Waals surface area contributed by atoms with Gasteiger partial charge in [-0.15, -0.1) is 0 Å². The van der Waals surface area contributed by atoms with Crippen LogP contribution in [0.3, 0.4) is 0 Å². The first-order valence-corrected chi connectivity index (χ1v) is 5.14. The Morgan fingerprint density at radius 2 is 1.71 bits per heavy atom. The number of nitrogens with zero attached hydrogens (tertiary/aromatic N) is 1. The summed E-state index contributed by atoms with van der Waals surface area (Å²) < 4.78 is 0. The minimum Gasteiger partial charge on any atom is -0.342 e. The highest BCUT2D eigenvalue weighted by Gasteiger charge is 2.15. The predicted octanol–water partition coefficient (Wildman–Crippen LogP) is 0.799. The highest BCUT2D eigenvalue weighted by Crippen LogP contribution is 2.05. The zero-order valence-corrected chi connectivity index (χ0v) is 9.45. The van der Waals surface area contributed by atoms with E-state index in [4.69, 9.17) is 10.5 Å². The molecule has 1 aliphatic heterocycles. The van der Waals surface area contributed by atoms with Crippen LogP contribution >= 0.6 is 0 Å². The maximum atomic E-state index is 10.8. The van der Waals surface area contributed by atoms with Crippen LogP contribution in [-0.4, -0.2) is 36.7 Å².